The number of hydrogen-bond donors (Lipinski definition) is 3. The predicted molar refractivity (Wildman–Crippen MR) is 134 cm³/mol. The summed E-state index contributed by atoms with van der Waals surface area (Å²) in [6.07, 6.45) is 0.875. The molecule has 2 amide bonds. The first-order valence-corrected chi connectivity index (χ1v) is 11.3. The van der Waals surface area contributed by atoms with Crippen LogP contribution in [0.2, 0.25) is 0 Å². The van der Waals surface area contributed by atoms with Crippen LogP contribution in [0, 0.1) is 5.41 Å². The SMILES string of the molecule is COCC(C)(C)n1nc(-c2ccc(CC(=O)Nc3cc(CC(C)(C)C)no3)cc2)c(C(N)=O)c1N. The van der Waals surface area contributed by atoms with Crippen molar-refractivity contribution >= 4 is 23.5 Å². The quantitative estimate of drug-likeness (QED) is 0.423. The minimum atomic E-state index is -0.668. The van der Waals surface area contributed by atoms with E-state index in [9.17, 15) is 9.59 Å². The molecule has 0 saturated carbocycles. The zero-order chi connectivity index (χ0) is 26.0. The molecule has 0 fully saturated rings. The van der Waals surface area contributed by atoms with Gasteiger partial charge in [0.1, 0.15) is 17.1 Å². The smallest absolute Gasteiger partial charge is 0.254 e. The highest BCUT2D eigenvalue weighted by molar-refractivity contribution is 6.03. The number of carbonyl (C=O) groups excluding carboxylic acids is 2. The standard InChI is InChI=1S/C25H34N6O4/c1-24(2,3)13-17-12-19(35-30-17)28-18(32)11-15-7-9-16(10-8-15)21-20(23(27)33)22(26)31(29-21)25(4,5)14-34-6/h7-10,12H,11,13-14,26H2,1-6H3,(H2,27,33)(H,28,32). The van der Waals surface area contributed by atoms with Crippen molar-refractivity contribution in [3.05, 3.63) is 47.2 Å². The molecule has 0 aliphatic rings. The van der Waals surface area contributed by atoms with Gasteiger partial charge in [0.2, 0.25) is 11.8 Å². The van der Waals surface area contributed by atoms with Gasteiger partial charge < -0.3 is 20.7 Å². The van der Waals surface area contributed by atoms with E-state index in [-0.39, 0.29) is 29.1 Å². The lowest BCUT2D eigenvalue weighted by Crippen LogP contribution is -2.33. The van der Waals surface area contributed by atoms with Crippen LogP contribution in [0.1, 0.15) is 56.2 Å². The van der Waals surface area contributed by atoms with Crippen LogP contribution < -0.4 is 16.8 Å². The summed E-state index contributed by atoms with van der Waals surface area (Å²) in [4.78, 5) is 24.7. The number of nitrogen functional groups attached to an aromatic ring is 1. The number of primary amides is 1. The number of benzene rings is 1. The number of carbonyl (C=O) groups is 2. The summed E-state index contributed by atoms with van der Waals surface area (Å²) < 4.78 is 12.1. The van der Waals surface area contributed by atoms with Gasteiger partial charge in [-0.05, 0) is 31.2 Å². The van der Waals surface area contributed by atoms with Crippen molar-refractivity contribution in [3.63, 3.8) is 0 Å². The molecular weight excluding hydrogens is 448 g/mol. The number of aromatic nitrogens is 3. The minimum absolute atomic E-state index is 0.0638. The topological polar surface area (TPSA) is 151 Å². The number of methoxy groups -OCH3 is 1. The maximum Gasteiger partial charge on any atom is 0.254 e. The first-order chi connectivity index (χ1) is 16.3. The van der Waals surface area contributed by atoms with Crippen LogP contribution in [0.5, 0.6) is 0 Å². The maximum atomic E-state index is 12.5. The van der Waals surface area contributed by atoms with Crippen molar-refractivity contribution in [2.24, 2.45) is 11.1 Å². The molecule has 0 bridgehead atoms. The van der Waals surface area contributed by atoms with Crippen LogP contribution in [0.3, 0.4) is 0 Å². The molecule has 0 radical (unpaired) electrons. The molecule has 0 spiro atoms. The molecule has 35 heavy (non-hydrogen) atoms. The Bertz CT molecular complexity index is 1200. The molecule has 10 nitrogen and oxygen atoms in total. The van der Waals surface area contributed by atoms with Crippen molar-refractivity contribution in [2.75, 3.05) is 24.8 Å². The predicted octanol–water partition coefficient (Wildman–Crippen LogP) is 3.37. The molecular formula is C25H34N6O4. The van der Waals surface area contributed by atoms with Gasteiger partial charge in [0, 0.05) is 18.7 Å². The van der Waals surface area contributed by atoms with E-state index < -0.39 is 11.4 Å². The average Bonchev–Trinajstić information content (AvgIpc) is 3.31. The van der Waals surface area contributed by atoms with Crippen LogP contribution in [-0.4, -0.2) is 40.5 Å². The van der Waals surface area contributed by atoms with E-state index in [1.54, 1.807) is 42.1 Å². The second-order valence-electron chi connectivity index (χ2n) is 10.5. The summed E-state index contributed by atoms with van der Waals surface area (Å²) in [6.45, 7) is 10.5. The third-order valence-corrected chi connectivity index (χ3v) is 5.36. The van der Waals surface area contributed by atoms with Crippen molar-refractivity contribution in [1.82, 2.24) is 14.9 Å². The van der Waals surface area contributed by atoms with E-state index in [1.165, 1.54) is 0 Å². The lowest BCUT2D eigenvalue weighted by molar-refractivity contribution is -0.115. The molecule has 188 valence electrons. The highest BCUT2D eigenvalue weighted by Crippen LogP contribution is 2.31. The van der Waals surface area contributed by atoms with E-state index in [0.717, 1.165) is 17.7 Å². The first-order valence-electron chi connectivity index (χ1n) is 11.3. The van der Waals surface area contributed by atoms with Crippen LogP contribution >= 0.6 is 0 Å². The Kier molecular flexibility index (Phi) is 7.35. The summed E-state index contributed by atoms with van der Waals surface area (Å²) in [6, 6.07) is 8.88. The van der Waals surface area contributed by atoms with E-state index in [4.69, 9.17) is 20.7 Å². The fraction of sp³-hybridized carbons (Fsp3) is 0.440. The molecule has 10 heteroatoms. The Hall–Kier alpha value is -3.66. The van der Waals surface area contributed by atoms with Gasteiger partial charge in [0.05, 0.1) is 24.3 Å². The van der Waals surface area contributed by atoms with Gasteiger partial charge in [-0.25, -0.2) is 4.68 Å². The van der Waals surface area contributed by atoms with E-state index >= 15 is 0 Å². The number of amides is 2. The minimum Gasteiger partial charge on any atom is -0.383 e. The third-order valence-electron chi connectivity index (χ3n) is 5.36. The van der Waals surface area contributed by atoms with Gasteiger partial charge in [-0.3, -0.25) is 14.9 Å². The summed E-state index contributed by atoms with van der Waals surface area (Å²) in [5.41, 5.74) is 14.1. The van der Waals surface area contributed by atoms with Gasteiger partial charge in [-0.15, -0.1) is 0 Å². The van der Waals surface area contributed by atoms with Crippen molar-refractivity contribution in [1.29, 1.82) is 0 Å². The van der Waals surface area contributed by atoms with Crippen LogP contribution in [0.15, 0.2) is 34.9 Å². The molecule has 3 rings (SSSR count). The monoisotopic (exact) mass is 482 g/mol. The Morgan fingerprint density at radius 3 is 2.37 bits per heavy atom. The summed E-state index contributed by atoms with van der Waals surface area (Å²) in [7, 11) is 1.58. The van der Waals surface area contributed by atoms with Gasteiger partial charge in [-0.1, -0.05) is 50.2 Å². The van der Waals surface area contributed by atoms with E-state index in [0.29, 0.717) is 23.7 Å². The van der Waals surface area contributed by atoms with Gasteiger partial charge in [0.25, 0.3) is 5.91 Å². The number of ether oxygens (including phenoxy) is 1. The van der Waals surface area contributed by atoms with Crippen molar-refractivity contribution in [2.45, 2.75) is 53.0 Å². The first kappa shape index (κ1) is 26.0. The highest BCUT2D eigenvalue weighted by atomic mass is 16.5. The van der Waals surface area contributed by atoms with Crippen molar-refractivity contribution < 1.29 is 18.8 Å². The molecule has 0 saturated heterocycles. The zero-order valence-electron chi connectivity index (χ0n) is 21.1. The fourth-order valence-corrected chi connectivity index (χ4v) is 3.90. The molecule has 0 aliphatic heterocycles. The van der Waals surface area contributed by atoms with Crippen molar-refractivity contribution in [3.8, 4) is 11.3 Å². The van der Waals surface area contributed by atoms with Gasteiger partial charge >= 0.3 is 0 Å². The second-order valence-corrected chi connectivity index (χ2v) is 10.5. The molecule has 2 heterocycles. The Morgan fingerprint density at radius 1 is 1.14 bits per heavy atom. The summed E-state index contributed by atoms with van der Waals surface area (Å²) in [5, 5.41) is 11.3. The van der Waals surface area contributed by atoms with Crippen LogP contribution in [0.4, 0.5) is 11.7 Å². The molecule has 1 aromatic carbocycles. The van der Waals surface area contributed by atoms with Gasteiger partial charge in [-0.2, -0.15) is 5.10 Å². The normalized spacial score (nSPS) is 12.1. The second kappa shape index (κ2) is 9.91. The fourth-order valence-electron chi connectivity index (χ4n) is 3.90. The van der Waals surface area contributed by atoms with E-state index in [1.807, 2.05) is 13.8 Å². The maximum absolute atomic E-state index is 12.5. The molecule has 5 N–H and O–H groups in total. The number of rotatable bonds is 9. The third kappa shape index (κ3) is 6.27. The number of nitrogens with two attached hydrogens (primary N) is 2. The molecule has 0 aliphatic carbocycles. The molecule has 2 aromatic heterocycles. The number of anilines is 2. The lowest BCUT2D eigenvalue weighted by atomic mass is 9.91. The van der Waals surface area contributed by atoms with E-state index in [2.05, 4.69) is 36.3 Å². The summed E-state index contributed by atoms with van der Waals surface area (Å²) >= 11 is 0. The van der Waals surface area contributed by atoms with Crippen LogP contribution in [-0.2, 0) is 27.9 Å². The molecule has 0 unspecified atom stereocenters. The average molecular weight is 483 g/mol. The Morgan fingerprint density at radius 2 is 1.80 bits per heavy atom. The largest absolute Gasteiger partial charge is 0.383 e. The number of hydrogen-bond acceptors (Lipinski definition) is 7. The molecule has 0 atom stereocenters. The highest BCUT2D eigenvalue weighted by Gasteiger charge is 2.30. The lowest BCUT2D eigenvalue weighted by Gasteiger charge is -2.25. The van der Waals surface area contributed by atoms with Gasteiger partial charge in [0.15, 0.2) is 0 Å². The summed E-state index contributed by atoms with van der Waals surface area (Å²) in [5.74, 6) is -0.408. The Balaban J connectivity index is 1.76. The number of nitrogens with one attached hydrogen (secondary N) is 1. The molecule has 3 aromatic rings. The number of nitrogens with zero attached hydrogens (tertiary/aromatic N) is 3. The zero-order valence-corrected chi connectivity index (χ0v) is 21.1. The van der Waals surface area contributed by atoms with Crippen LogP contribution in [0.25, 0.3) is 11.3 Å². The Labute approximate surface area is 205 Å².